The molecule has 0 saturated carbocycles. The second kappa shape index (κ2) is 9.95. The fourth-order valence-corrected chi connectivity index (χ4v) is 4.04. The number of hydrogen-bond acceptors (Lipinski definition) is 5. The lowest BCUT2D eigenvalue weighted by Gasteiger charge is -2.18. The van der Waals surface area contributed by atoms with Crippen molar-refractivity contribution in [2.75, 3.05) is 38.1 Å². The minimum atomic E-state index is -0.166. The first-order valence-electron chi connectivity index (χ1n) is 10.1. The summed E-state index contributed by atoms with van der Waals surface area (Å²) in [5, 5.41) is 10.5. The topological polar surface area (TPSA) is 88.5 Å². The van der Waals surface area contributed by atoms with E-state index in [9.17, 15) is 9.59 Å². The van der Waals surface area contributed by atoms with Gasteiger partial charge >= 0.3 is 0 Å². The van der Waals surface area contributed by atoms with Crippen LogP contribution in [0.15, 0.2) is 36.7 Å². The summed E-state index contributed by atoms with van der Waals surface area (Å²) in [4.78, 5) is 26.9. The summed E-state index contributed by atoms with van der Waals surface area (Å²) in [7, 11) is 1.88. The number of rotatable bonds is 6. The summed E-state index contributed by atoms with van der Waals surface area (Å²) in [5.41, 5.74) is 1.73. The van der Waals surface area contributed by atoms with Crippen LogP contribution in [0.2, 0.25) is 0 Å². The third kappa shape index (κ3) is 5.12. The van der Waals surface area contributed by atoms with Gasteiger partial charge in [0.05, 0.1) is 12.1 Å². The first-order chi connectivity index (χ1) is 14.1. The Labute approximate surface area is 182 Å². The average Bonchev–Trinajstić information content (AvgIpc) is 3.47. The molecular weight excluding hydrogens is 406 g/mol. The Bertz CT molecular complexity index is 881. The number of aromatic nitrogens is 2. The first-order valence-corrected chi connectivity index (χ1v) is 10.1. The zero-order chi connectivity index (χ0) is 20.2. The summed E-state index contributed by atoms with van der Waals surface area (Å²) < 4.78 is 7.41. The number of likely N-dealkylation sites (tertiary alicyclic amines) is 1. The van der Waals surface area contributed by atoms with Gasteiger partial charge in [0, 0.05) is 57.1 Å². The third-order valence-electron chi connectivity index (χ3n) is 5.63. The van der Waals surface area contributed by atoms with Gasteiger partial charge in [-0.3, -0.25) is 14.3 Å². The van der Waals surface area contributed by atoms with E-state index in [0.29, 0.717) is 18.0 Å². The molecule has 4 rings (SSSR count). The summed E-state index contributed by atoms with van der Waals surface area (Å²) in [6, 6.07) is 7.20. The standard InChI is InChI=1S/C21H27N5O3.ClH/c1-25-13-15(10-23-25)18-11-22-12-19(18)21(28)24-16-5-4-6-17(9-16)29-14-20(27)26-7-2-3-8-26;/h4-6,9-10,13,18-19,22H,2-3,7-8,11-12,14H2,1H3,(H,24,28);1H/t18-,19+;/m1./s1. The highest BCUT2D eigenvalue weighted by Crippen LogP contribution is 2.29. The van der Waals surface area contributed by atoms with Crippen LogP contribution in [0.25, 0.3) is 0 Å². The molecule has 2 aliphatic heterocycles. The molecule has 2 fully saturated rings. The van der Waals surface area contributed by atoms with Gasteiger partial charge in [-0.2, -0.15) is 5.10 Å². The minimum Gasteiger partial charge on any atom is -0.484 e. The van der Waals surface area contributed by atoms with Crippen molar-refractivity contribution in [3.8, 4) is 5.75 Å². The van der Waals surface area contributed by atoms with Gasteiger partial charge in [0.2, 0.25) is 5.91 Å². The molecule has 1 aromatic heterocycles. The molecule has 0 unspecified atom stereocenters. The Morgan fingerprint density at radius 1 is 1.27 bits per heavy atom. The van der Waals surface area contributed by atoms with Crippen molar-refractivity contribution in [3.05, 3.63) is 42.2 Å². The van der Waals surface area contributed by atoms with Gasteiger partial charge in [0.1, 0.15) is 5.75 Å². The number of anilines is 1. The van der Waals surface area contributed by atoms with Crippen LogP contribution in [-0.4, -0.2) is 59.3 Å². The van der Waals surface area contributed by atoms with Crippen LogP contribution < -0.4 is 15.4 Å². The van der Waals surface area contributed by atoms with Crippen LogP contribution >= 0.6 is 12.4 Å². The number of carbonyl (C=O) groups excluding carboxylic acids is 2. The van der Waals surface area contributed by atoms with Gasteiger partial charge in [-0.05, 0) is 30.5 Å². The van der Waals surface area contributed by atoms with E-state index in [0.717, 1.165) is 38.0 Å². The van der Waals surface area contributed by atoms with E-state index < -0.39 is 0 Å². The van der Waals surface area contributed by atoms with E-state index >= 15 is 0 Å². The van der Waals surface area contributed by atoms with Crippen LogP contribution in [0.1, 0.15) is 24.3 Å². The molecule has 2 saturated heterocycles. The van der Waals surface area contributed by atoms with E-state index in [1.54, 1.807) is 16.8 Å². The van der Waals surface area contributed by atoms with Crippen molar-refractivity contribution in [2.45, 2.75) is 18.8 Å². The number of benzene rings is 1. The highest BCUT2D eigenvalue weighted by molar-refractivity contribution is 5.93. The Morgan fingerprint density at radius 2 is 2.07 bits per heavy atom. The predicted octanol–water partition coefficient (Wildman–Crippen LogP) is 1.78. The molecule has 0 spiro atoms. The lowest BCUT2D eigenvalue weighted by Crippen LogP contribution is -2.32. The molecule has 2 aromatic rings. The number of hydrogen-bond donors (Lipinski definition) is 2. The van der Waals surface area contributed by atoms with E-state index in [4.69, 9.17) is 4.74 Å². The van der Waals surface area contributed by atoms with Crippen LogP contribution in [0.4, 0.5) is 5.69 Å². The van der Waals surface area contributed by atoms with Crippen molar-refractivity contribution >= 4 is 29.9 Å². The third-order valence-corrected chi connectivity index (χ3v) is 5.63. The number of amides is 2. The van der Waals surface area contributed by atoms with Crippen molar-refractivity contribution < 1.29 is 14.3 Å². The number of nitrogens with zero attached hydrogens (tertiary/aromatic N) is 3. The Morgan fingerprint density at radius 3 is 2.80 bits per heavy atom. The zero-order valence-corrected chi connectivity index (χ0v) is 17.9. The smallest absolute Gasteiger partial charge is 0.260 e. The second-order valence-electron chi connectivity index (χ2n) is 7.71. The van der Waals surface area contributed by atoms with Crippen LogP contribution in [0.5, 0.6) is 5.75 Å². The van der Waals surface area contributed by atoms with E-state index in [1.165, 1.54) is 0 Å². The maximum Gasteiger partial charge on any atom is 0.260 e. The SMILES string of the molecule is Cl.Cn1cc([C@H]2CNC[C@@H]2C(=O)Nc2cccc(OCC(=O)N3CCCC3)c2)cn1. The molecule has 0 aliphatic carbocycles. The van der Waals surface area contributed by atoms with Crippen LogP contribution in [0.3, 0.4) is 0 Å². The molecule has 2 N–H and O–H groups in total. The van der Waals surface area contributed by atoms with Gasteiger partial charge in [-0.1, -0.05) is 6.07 Å². The van der Waals surface area contributed by atoms with Crippen molar-refractivity contribution in [3.63, 3.8) is 0 Å². The quantitative estimate of drug-likeness (QED) is 0.725. The molecule has 8 nitrogen and oxygen atoms in total. The Balaban J connectivity index is 0.00000256. The summed E-state index contributed by atoms with van der Waals surface area (Å²) >= 11 is 0. The fourth-order valence-electron chi connectivity index (χ4n) is 4.04. The molecule has 2 amide bonds. The van der Waals surface area contributed by atoms with Gasteiger partial charge in [-0.15, -0.1) is 12.4 Å². The van der Waals surface area contributed by atoms with Crippen molar-refractivity contribution in [1.82, 2.24) is 20.0 Å². The number of nitrogens with one attached hydrogen (secondary N) is 2. The molecule has 3 heterocycles. The molecular formula is C21H28ClN5O3. The molecule has 2 atom stereocenters. The van der Waals surface area contributed by atoms with Gasteiger partial charge in [0.15, 0.2) is 6.61 Å². The van der Waals surface area contributed by atoms with Crippen molar-refractivity contribution in [1.29, 1.82) is 0 Å². The van der Waals surface area contributed by atoms with E-state index in [1.807, 2.05) is 36.5 Å². The monoisotopic (exact) mass is 433 g/mol. The predicted molar refractivity (Wildman–Crippen MR) is 116 cm³/mol. The highest BCUT2D eigenvalue weighted by Gasteiger charge is 2.34. The summed E-state index contributed by atoms with van der Waals surface area (Å²) in [5.74, 6) is 0.480. The number of carbonyl (C=O) groups is 2. The molecule has 0 radical (unpaired) electrons. The molecule has 2 aliphatic rings. The van der Waals surface area contributed by atoms with Gasteiger partial charge in [0.25, 0.3) is 5.91 Å². The molecule has 30 heavy (non-hydrogen) atoms. The average molecular weight is 434 g/mol. The second-order valence-corrected chi connectivity index (χ2v) is 7.71. The fraction of sp³-hybridized carbons (Fsp3) is 0.476. The first kappa shape index (κ1) is 22.1. The number of halogens is 1. The van der Waals surface area contributed by atoms with E-state index in [-0.39, 0.29) is 42.7 Å². The molecule has 0 bridgehead atoms. The Kier molecular flexibility index (Phi) is 7.33. The molecule has 9 heteroatoms. The normalized spacial score (nSPS) is 20.6. The summed E-state index contributed by atoms with van der Waals surface area (Å²) in [6.07, 6.45) is 5.90. The maximum absolute atomic E-state index is 12.9. The largest absolute Gasteiger partial charge is 0.484 e. The highest BCUT2D eigenvalue weighted by atomic mass is 35.5. The number of aryl methyl sites for hydroxylation is 1. The lowest BCUT2D eigenvalue weighted by molar-refractivity contribution is -0.132. The van der Waals surface area contributed by atoms with E-state index in [2.05, 4.69) is 15.7 Å². The maximum atomic E-state index is 12.9. The van der Waals surface area contributed by atoms with Gasteiger partial charge < -0.3 is 20.3 Å². The zero-order valence-electron chi connectivity index (χ0n) is 17.0. The van der Waals surface area contributed by atoms with Crippen molar-refractivity contribution in [2.24, 2.45) is 13.0 Å². The number of ether oxygens (including phenoxy) is 1. The van der Waals surface area contributed by atoms with Crippen LogP contribution in [0, 0.1) is 5.92 Å². The van der Waals surface area contributed by atoms with Gasteiger partial charge in [-0.25, -0.2) is 0 Å². The minimum absolute atomic E-state index is 0. The summed E-state index contributed by atoms with van der Waals surface area (Å²) in [6.45, 7) is 3.03. The molecule has 1 aromatic carbocycles. The van der Waals surface area contributed by atoms with Crippen LogP contribution in [-0.2, 0) is 16.6 Å². The Hall–Kier alpha value is -2.58. The molecule has 162 valence electrons. The lowest BCUT2D eigenvalue weighted by atomic mass is 9.90.